The van der Waals surface area contributed by atoms with Gasteiger partial charge in [0.25, 0.3) is 0 Å². The molecule has 0 bridgehead atoms. The first-order chi connectivity index (χ1) is 8.12. The van der Waals surface area contributed by atoms with Crippen molar-refractivity contribution in [3.05, 3.63) is 0 Å². The Labute approximate surface area is 108 Å². The van der Waals surface area contributed by atoms with Crippen LogP contribution in [0.5, 0.6) is 0 Å². The zero-order valence-corrected chi connectivity index (χ0v) is 12.2. The number of rotatable bonds is 7. The summed E-state index contributed by atoms with van der Waals surface area (Å²) in [5.41, 5.74) is 0.0663. The maximum Gasteiger partial charge on any atom is 0.0806 e. The van der Waals surface area contributed by atoms with E-state index in [-0.39, 0.29) is 5.60 Å². The predicted molar refractivity (Wildman–Crippen MR) is 74.4 cm³/mol. The van der Waals surface area contributed by atoms with Gasteiger partial charge in [-0.15, -0.1) is 0 Å². The minimum absolute atomic E-state index is 0.0663. The number of nitrogens with one attached hydrogen (secondary N) is 1. The highest BCUT2D eigenvalue weighted by molar-refractivity contribution is 4.92. The van der Waals surface area contributed by atoms with Crippen LogP contribution in [0.25, 0.3) is 0 Å². The second-order valence-electron chi connectivity index (χ2n) is 5.87. The van der Waals surface area contributed by atoms with E-state index >= 15 is 0 Å². The molecule has 0 saturated carbocycles. The smallest absolute Gasteiger partial charge is 0.0806 e. The van der Waals surface area contributed by atoms with Gasteiger partial charge in [-0.05, 0) is 51.5 Å². The minimum atomic E-state index is 0.0663. The standard InChI is InChI=1S/C15H31NO/c1-5-10-16-14(12-13(3)6-2)15(4)9-7-8-11-17-15/h13-14,16H,5-12H2,1-4H3. The number of hydrogen-bond donors (Lipinski definition) is 1. The fourth-order valence-electron chi connectivity index (χ4n) is 2.67. The van der Waals surface area contributed by atoms with E-state index in [0.717, 1.165) is 19.1 Å². The summed E-state index contributed by atoms with van der Waals surface area (Å²) in [5, 5.41) is 3.72. The van der Waals surface area contributed by atoms with Gasteiger partial charge in [0.15, 0.2) is 0 Å². The molecule has 0 aromatic heterocycles. The van der Waals surface area contributed by atoms with Crippen molar-refractivity contribution in [2.45, 2.75) is 77.9 Å². The van der Waals surface area contributed by atoms with Gasteiger partial charge in [-0.2, -0.15) is 0 Å². The zero-order chi connectivity index (χ0) is 12.7. The summed E-state index contributed by atoms with van der Waals surface area (Å²) in [6.07, 6.45) is 7.48. The van der Waals surface area contributed by atoms with E-state index in [1.54, 1.807) is 0 Å². The Morgan fingerprint density at radius 1 is 1.29 bits per heavy atom. The molecule has 1 heterocycles. The molecule has 17 heavy (non-hydrogen) atoms. The zero-order valence-electron chi connectivity index (χ0n) is 12.2. The maximum atomic E-state index is 6.11. The Kier molecular flexibility index (Phi) is 6.50. The largest absolute Gasteiger partial charge is 0.374 e. The summed E-state index contributed by atoms with van der Waals surface area (Å²) < 4.78 is 6.11. The van der Waals surface area contributed by atoms with E-state index in [2.05, 4.69) is 33.0 Å². The second kappa shape index (κ2) is 7.38. The lowest BCUT2D eigenvalue weighted by Gasteiger charge is -2.42. The molecule has 0 spiro atoms. The van der Waals surface area contributed by atoms with Gasteiger partial charge in [0, 0.05) is 12.6 Å². The third-order valence-corrected chi connectivity index (χ3v) is 4.21. The van der Waals surface area contributed by atoms with Crippen molar-refractivity contribution in [2.75, 3.05) is 13.2 Å². The molecule has 102 valence electrons. The predicted octanol–water partition coefficient (Wildman–Crippen LogP) is 3.75. The summed E-state index contributed by atoms with van der Waals surface area (Å²) in [4.78, 5) is 0. The van der Waals surface area contributed by atoms with E-state index in [1.807, 2.05) is 0 Å². The highest BCUT2D eigenvalue weighted by Crippen LogP contribution is 2.31. The Hall–Kier alpha value is -0.0800. The molecule has 1 aliphatic rings. The van der Waals surface area contributed by atoms with Crippen LogP contribution in [0.1, 0.15) is 66.2 Å². The van der Waals surface area contributed by atoms with Gasteiger partial charge in [-0.25, -0.2) is 0 Å². The second-order valence-corrected chi connectivity index (χ2v) is 5.87. The molecule has 1 fully saturated rings. The highest BCUT2D eigenvalue weighted by atomic mass is 16.5. The SMILES string of the molecule is CCCNC(CC(C)CC)C1(C)CCCCO1. The molecule has 3 unspecified atom stereocenters. The van der Waals surface area contributed by atoms with Crippen molar-refractivity contribution in [1.29, 1.82) is 0 Å². The van der Waals surface area contributed by atoms with Gasteiger partial charge in [0.1, 0.15) is 0 Å². The summed E-state index contributed by atoms with van der Waals surface area (Å²) in [6, 6.07) is 0.526. The van der Waals surface area contributed by atoms with Crippen LogP contribution in [0.4, 0.5) is 0 Å². The van der Waals surface area contributed by atoms with Crippen molar-refractivity contribution in [2.24, 2.45) is 5.92 Å². The molecule has 0 aromatic carbocycles. The van der Waals surface area contributed by atoms with Crippen LogP contribution in [-0.2, 0) is 4.74 Å². The van der Waals surface area contributed by atoms with E-state index < -0.39 is 0 Å². The van der Waals surface area contributed by atoms with Gasteiger partial charge >= 0.3 is 0 Å². The van der Waals surface area contributed by atoms with Gasteiger partial charge in [-0.1, -0.05) is 27.2 Å². The van der Waals surface area contributed by atoms with Gasteiger partial charge in [-0.3, -0.25) is 0 Å². The first-order valence-electron chi connectivity index (χ1n) is 7.49. The van der Waals surface area contributed by atoms with Crippen LogP contribution < -0.4 is 5.32 Å². The average molecular weight is 241 g/mol. The molecule has 1 saturated heterocycles. The Morgan fingerprint density at radius 2 is 2.06 bits per heavy atom. The Morgan fingerprint density at radius 3 is 2.59 bits per heavy atom. The molecule has 0 amide bonds. The van der Waals surface area contributed by atoms with Crippen molar-refractivity contribution in [3.63, 3.8) is 0 Å². The van der Waals surface area contributed by atoms with E-state index in [4.69, 9.17) is 4.74 Å². The Balaban J connectivity index is 2.58. The lowest BCUT2D eigenvalue weighted by Crippen LogP contribution is -2.53. The van der Waals surface area contributed by atoms with Crippen LogP contribution in [0, 0.1) is 5.92 Å². The van der Waals surface area contributed by atoms with Gasteiger partial charge in [0.05, 0.1) is 5.60 Å². The topological polar surface area (TPSA) is 21.3 Å². The summed E-state index contributed by atoms with van der Waals surface area (Å²) >= 11 is 0. The summed E-state index contributed by atoms with van der Waals surface area (Å²) in [5.74, 6) is 0.784. The molecule has 1 aliphatic heterocycles. The molecular weight excluding hydrogens is 210 g/mol. The lowest BCUT2D eigenvalue weighted by atomic mass is 9.83. The fraction of sp³-hybridized carbons (Fsp3) is 1.00. The molecule has 1 rings (SSSR count). The van der Waals surface area contributed by atoms with Crippen molar-refractivity contribution < 1.29 is 4.74 Å². The minimum Gasteiger partial charge on any atom is -0.374 e. The first kappa shape index (κ1) is 15.0. The summed E-state index contributed by atoms with van der Waals surface area (Å²) in [7, 11) is 0. The molecule has 1 N–H and O–H groups in total. The third kappa shape index (κ3) is 4.59. The first-order valence-corrected chi connectivity index (χ1v) is 7.49. The average Bonchev–Trinajstić information content (AvgIpc) is 2.34. The van der Waals surface area contributed by atoms with Crippen LogP contribution >= 0.6 is 0 Å². The quantitative estimate of drug-likeness (QED) is 0.733. The lowest BCUT2D eigenvalue weighted by molar-refractivity contribution is -0.0923. The fourth-order valence-corrected chi connectivity index (χ4v) is 2.67. The van der Waals surface area contributed by atoms with Crippen LogP contribution in [0.3, 0.4) is 0 Å². The molecule has 0 radical (unpaired) electrons. The molecule has 2 nitrogen and oxygen atoms in total. The number of hydrogen-bond acceptors (Lipinski definition) is 2. The Bertz CT molecular complexity index is 199. The third-order valence-electron chi connectivity index (χ3n) is 4.21. The van der Waals surface area contributed by atoms with Crippen molar-refractivity contribution >= 4 is 0 Å². The monoisotopic (exact) mass is 241 g/mol. The van der Waals surface area contributed by atoms with E-state index in [0.29, 0.717) is 6.04 Å². The van der Waals surface area contributed by atoms with Crippen LogP contribution in [0.15, 0.2) is 0 Å². The molecule has 3 atom stereocenters. The molecule has 0 aliphatic carbocycles. The number of ether oxygens (including phenoxy) is 1. The van der Waals surface area contributed by atoms with Gasteiger partial charge in [0.2, 0.25) is 0 Å². The van der Waals surface area contributed by atoms with Crippen molar-refractivity contribution in [1.82, 2.24) is 5.32 Å². The van der Waals surface area contributed by atoms with Crippen LogP contribution in [-0.4, -0.2) is 24.8 Å². The molecular formula is C15H31NO. The normalized spacial score (nSPS) is 28.9. The summed E-state index contributed by atoms with van der Waals surface area (Å²) in [6.45, 7) is 11.2. The molecule has 2 heteroatoms. The van der Waals surface area contributed by atoms with Gasteiger partial charge < -0.3 is 10.1 Å². The van der Waals surface area contributed by atoms with Crippen molar-refractivity contribution in [3.8, 4) is 0 Å². The highest BCUT2D eigenvalue weighted by Gasteiger charge is 2.36. The molecule has 0 aromatic rings. The maximum absolute atomic E-state index is 6.11. The van der Waals surface area contributed by atoms with E-state index in [1.165, 1.54) is 38.5 Å². The van der Waals surface area contributed by atoms with Crippen LogP contribution in [0.2, 0.25) is 0 Å². The van der Waals surface area contributed by atoms with E-state index in [9.17, 15) is 0 Å².